The Morgan fingerprint density at radius 1 is 1.07 bits per heavy atom. The number of amides is 1. The number of carbonyl (C=O) groups excluding carboxylic acids is 2. The Labute approximate surface area is 165 Å². The highest BCUT2D eigenvalue weighted by atomic mass is 19.2. The minimum Gasteiger partial charge on any atom is -0.451 e. The van der Waals surface area contributed by atoms with Crippen LogP contribution in [0.2, 0.25) is 0 Å². The summed E-state index contributed by atoms with van der Waals surface area (Å²) in [6, 6.07) is 7.41. The van der Waals surface area contributed by atoms with Crippen LogP contribution in [0, 0.1) is 17.5 Å². The number of hydrogen-bond donors (Lipinski definition) is 2. The van der Waals surface area contributed by atoms with Gasteiger partial charge in [0, 0.05) is 0 Å². The Morgan fingerprint density at radius 3 is 2.43 bits per heavy atom. The molecule has 0 bridgehead atoms. The number of halogens is 3. The van der Waals surface area contributed by atoms with Crippen molar-refractivity contribution in [2.45, 2.75) is 19.6 Å². The third-order valence-electron chi connectivity index (χ3n) is 4.14. The van der Waals surface area contributed by atoms with Crippen molar-refractivity contribution < 1.29 is 27.5 Å². The molecule has 1 atom stereocenters. The zero-order valence-corrected chi connectivity index (χ0v) is 15.4. The summed E-state index contributed by atoms with van der Waals surface area (Å²) in [6.45, 7) is 0.451. The van der Waals surface area contributed by atoms with Crippen molar-refractivity contribution in [1.29, 1.82) is 0 Å². The molecule has 3 aromatic rings. The number of benzene rings is 2. The molecular weight excluding hydrogens is 407 g/mol. The van der Waals surface area contributed by atoms with Gasteiger partial charge in [-0.25, -0.2) is 17.9 Å². The molecule has 0 fully saturated rings. The summed E-state index contributed by atoms with van der Waals surface area (Å²) in [5.74, 6) is -6.87. The van der Waals surface area contributed by atoms with Crippen LogP contribution in [0.1, 0.15) is 6.92 Å². The van der Waals surface area contributed by atoms with E-state index in [1.165, 1.54) is 12.1 Å². The molecule has 2 N–H and O–H groups in total. The molecule has 30 heavy (non-hydrogen) atoms. The molecule has 3 rings (SSSR count). The fourth-order valence-corrected chi connectivity index (χ4v) is 2.63. The zero-order chi connectivity index (χ0) is 22.0. The van der Waals surface area contributed by atoms with Crippen LogP contribution in [-0.4, -0.2) is 27.8 Å². The SMILES string of the molecule is C[C@@H](OC(=O)Cn1[nH]c(=O)c2ccccc2c1=O)C(=O)Nc1ccc(F)c(F)c1F. The maximum absolute atomic E-state index is 13.6. The number of nitrogens with one attached hydrogen (secondary N) is 2. The van der Waals surface area contributed by atoms with Crippen LogP contribution in [0.25, 0.3) is 10.8 Å². The molecule has 0 saturated heterocycles. The van der Waals surface area contributed by atoms with Gasteiger partial charge >= 0.3 is 5.97 Å². The molecule has 8 nitrogen and oxygen atoms in total. The van der Waals surface area contributed by atoms with Crippen LogP contribution in [0.4, 0.5) is 18.9 Å². The first kappa shape index (κ1) is 20.8. The Morgan fingerprint density at radius 2 is 1.73 bits per heavy atom. The molecule has 1 aromatic heterocycles. The zero-order valence-electron chi connectivity index (χ0n) is 15.4. The second-order valence-corrected chi connectivity index (χ2v) is 6.22. The van der Waals surface area contributed by atoms with Crippen LogP contribution in [0.15, 0.2) is 46.0 Å². The average molecular weight is 421 g/mol. The first-order valence-corrected chi connectivity index (χ1v) is 8.54. The van der Waals surface area contributed by atoms with E-state index >= 15 is 0 Å². The van der Waals surface area contributed by atoms with Crippen molar-refractivity contribution in [2.24, 2.45) is 0 Å². The topological polar surface area (TPSA) is 110 Å². The number of H-pyrrole nitrogens is 1. The molecular formula is C19H14F3N3O5. The van der Waals surface area contributed by atoms with Crippen LogP contribution in [0.3, 0.4) is 0 Å². The number of nitrogens with zero attached hydrogens (tertiary/aromatic N) is 1. The van der Waals surface area contributed by atoms with Crippen molar-refractivity contribution in [3.8, 4) is 0 Å². The van der Waals surface area contributed by atoms with Gasteiger partial charge in [0.25, 0.3) is 17.0 Å². The van der Waals surface area contributed by atoms with Crippen molar-refractivity contribution >= 4 is 28.3 Å². The van der Waals surface area contributed by atoms with E-state index in [0.717, 1.165) is 17.7 Å². The molecule has 11 heteroatoms. The highest BCUT2D eigenvalue weighted by molar-refractivity contribution is 5.95. The molecule has 0 saturated carbocycles. The van der Waals surface area contributed by atoms with E-state index in [4.69, 9.17) is 4.74 Å². The molecule has 0 radical (unpaired) electrons. The molecule has 0 spiro atoms. The Kier molecular flexibility index (Phi) is 5.72. The van der Waals surface area contributed by atoms with Gasteiger partial charge in [-0.15, -0.1) is 0 Å². The third-order valence-corrected chi connectivity index (χ3v) is 4.14. The lowest BCUT2D eigenvalue weighted by molar-refractivity contribution is -0.154. The number of hydrogen-bond acceptors (Lipinski definition) is 5. The van der Waals surface area contributed by atoms with Gasteiger partial charge in [0.1, 0.15) is 6.54 Å². The molecule has 0 aliphatic heterocycles. The number of ether oxygens (including phenoxy) is 1. The summed E-state index contributed by atoms with van der Waals surface area (Å²) < 4.78 is 45.4. The van der Waals surface area contributed by atoms with E-state index in [9.17, 15) is 32.3 Å². The Bertz CT molecular complexity index is 1270. The first-order valence-electron chi connectivity index (χ1n) is 8.54. The van der Waals surface area contributed by atoms with Crippen molar-refractivity contribution in [3.05, 3.63) is 74.6 Å². The smallest absolute Gasteiger partial charge is 0.328 e. The van der Waals surface area contributed by atoms with Gasteiger partial charge in [-0.2, -0.15) is 0 Å². The normalized spacial score (nSPS) is 11.9. The molecule has 0 aliphatic carbocycles. The largest absolute Gasteiger partial charge is 0.451 e. The van der Waals surface area contributed by atoms with E-state index in [2.05, 4.69) is 5.10 Å². The van der Waals surface area contributed by atoms with Gasteiger partial charge < -0.3 is 10.1 Å². The standard InChI is InChI=1S/C19H14F3N3O5/c1-9(17(27)23-13-7-6-12(20)15(21)16(13)22)30-14(26)8-25-19(29)11-5-3-2-4-10(11)18(28)24-25/h2-7,9H,8H2,1H3,(H,23,27)(H,24,28)/t9-/m1/s1. The van der Waals surface area contributed by atoms with Crippen LogP contribution in [-0.2, 0) is 20.9 Å². The van der Waals surface area contributed by atoms with Crippen LogP contribution in [0.5, 0.6) is 0 Å². The molecule has 1 amide bonds. The lowest BCUT2D eigenvalue weighted by atomic mass is 10.2. The summed E-state index contributed by atoms with van der Waals surface area (Å²) in [4.78, 5) is 48.5. The number of carbonyl (C=O) groups is 2. The minimum atomic E-state index is -1.77. The number of aromatic amines is 1. The average Bonchev–Trinajstić information content (AvgIpc) is 2.72. The molecule has 0 unspecified atom stereocenters. The highest BCUT2D eigenvalue weighted by Gasteiger charge is 2.22. The summed E-state index contributed by atoms with van der Waals surface area (Å²) in [7, 11) is 0. The van der Waals surface area contributed by atoms with E-state index < -0.39 is 58.8 Å². The van der Waals surface area contributed by atoms with E-state index in [0.29, 0.717) is 6.07 Å². The lowest BCUT2D eigenvalue weighted by Gasteiger charge is -2.14. The lowest BCUT2D eigenvalue weighted by Crippen LogP contribution is -2.36. The van der Waals surface area contributed by atoms with E-state index in [1.807, 2.05) is 5.32 Å². The fourth-order valence-electron chi connectivity index (χ4n) is 2.63. The summed E-state index contributed by atoms with van der Waals surface area (Å²) >= 11 is 0. The fraction of sp³-hybridized carbons (Fsp3) is 0.158. The maximum Gasteiger partial charge on any atom is 0.328 e. The molecule has 1 heterocycles. The van der Waals surface area contributed by atoms with Gasteiger partial charge in [-0.1, -0.05) is 12.1 Å². The van der Waals surface area contributed by atoms with Crippen LogP contribution >= 0.6 is 0 Å². The van der Waals surface area contributed by atoms with Gasteiger partial charge in [0.15, 0.2) is 23.6 Å². The van der Waals surface area contributed by atoms with Gasteiger partial charge in [-0.3, -0.25) is 24.3 Å². The Hall–Kier alpha value is -3.89. The number of fused-ring (bicyclic) bond motifs is 1. The second kappa shape index (κ2) is 8.23. The van der Waals surface area contributed by atoms with Crippen molar-refractivity contribution in [1.82, 2.24) is 9.78 Å². The maximum atomic E-state index is 13.6. The Balaban J connectivity index is 1.71. The second-order valence-electron chi connectivity index (χ2n) is 6.22. The molecule has 156 valence electrons. The summed E-state index contributed by atoms with van der Waals surface area (Å²) in [6.07, 6.45) is -1.46. The molecule has 2 aromatic carbocycles. The number of aromatic nitrogens is 2. The first-order chi connectivity index (χ1) is 14.2. The van der Waals surface area contributed by atoms with Gasteiger partial charge in [0.05, 0.1) is 16.5 Å². The van der Waals surface area contributed by atoms with Crippen molar-refractivity contribution in [3.63, 3.8) is 0 Å². The van der Waals surface area contributed by atoms with E-state index in [-0.39, 0.29) is 10.8 Å². The molecule has 0 aliphatic rings. The predicted molar refractivity (Wildman–Crippen MR) is 99.3 cm³/mol. The number of rotatable bonds is 5. The number of anilines is 1. The minimum absolute atomic E-state index is 0.0913. The van der Waals surface area contributed by atoms with E-state index in [1.54, 1.807) is 12.1 Å². The van der Waals surface area contributed by atoms with Crippen molar-refractivity contribution in [2.75, 3.05) is 5.32 Å². The van der Waals surface area contributed by atoms with Crippen LogP contribution < -0.4 is 16.4 Å². The van der Waals surface area contributed by atoms with Gasteiger partial charge in [0.2, 0.25) is 0 Å². The quantitative estimate of drug-likeness (QED) is 0.481. The predicted octanol–water partition coefficient (Wildman–Crippen LogP) is 1.68. The van der Waals surface area contributed by atoms with Gasteiger partial charge in [-0.05, 0) is 31.2 Å². The monoisotopic (exact) mass is 421 g/mol. The highest BCUT2D eigenvalue weighted by Crippen LogP contribution is 2.19. The summed E-state index contributed by atoms with van der Waals surface area (Å²) in [5, 5.41) is 4.44. The summed E-state index contributed by atoms with van der Waals surface area (Å²) in [5.41, 5.74) is -1.89. The number of esters is 1. The third kappa shape index (κ3) is 4.09.